The smallest absolute Gasteiger partial charge is 0.550 e. The van der Waals surface area contributed by atoms with E-state index in [9.17, 15) is 34.5 Å². The molecule has 0 aliphatic rings. The Bertz CT molecular complexity index is 360. The molecule has 0 amide bonds. The van der Waals surface area contributed by atoms with Crippen LogP contribution in [-0.2, 0) is 19.2 Å². The summed E-state index contributed by atoms with van der Waals surface area (Å²) in [5, 5.41) is 44.4. The van der Waals surface area contributed by atoms with E-state index >= 15 is 0 Å². The van der Waals surface area contributed by atoms with Crippen molar-refractivity contribution in [2.24, 2.45) is 0 Å². The summed E-state index contributed by atoms with van der Waals surface area (Å²) in [6.45, 7) is -0.205. The van der Waals surface area contributed by atoms with Crippen molar-refractivity contribution in [3.8, 4) is 0 Å². The minimum atomic E-state index is -1.64. The molecule has 0 spiro atoms. The maximum absolute atomic E-state index is 10.7. The van der Waals surface area contributed by atoms with Gasteiger partial charge in [0, 0.05) is 37.9 Å². The SMILES string of the molecule is O=C([O-])CC(NCCN[C@@H](CC(=O)[O-])C(=O)O)C(=O)[O-].[Na+].[Na+].[Na+]. The summed E-state index contributed by atoms with van der Waals surface area (Å²) in [7, 11) is 0. The Morgan fingerprint density at radius 2 is 1.13 bits per heavy atom. The molecule has 0 aromatic rings. The number of carboxylic acids is 4. The maximum Gasteiger partial charge on any atom is 1.00 e. The van der Waals surface area contributed by atoms with Crippen LogP contribution >= 0.6 is 0 Å². The normalized spacial score (nSPS) is 11.7. The molecule has 3 N–H and O–H groups in total. The zero-order valence-corrected chi connectivity index (χ0v) is 19.3. The van der Waals surface area contributed by atoms with Crippen molar-refractivity contribution in [3.05, 3.63) is 0 Å². The third-order valence-electron chi connectivity index (χ3n) is 2.23. The molecule has 0 bridgehead atoms. The van der Waals surface area contributed by atoms with Crippen LogP contribution in [0.5, 0.6) is 0 Å². The molecular formula is C10H13N2Na3O8. The Balaban J connectivity index is -0.000000602. The van der Waals surface area contributed by atoms with Gasteiger partial charge in [0.05, 0.1) is 12.0 Å². The van der Waals surface area contributed by atoms with E-state index in [1.54, 1.807) is 0 Å². The minimum absolute atomic E-state index is 0. The number of carboxylic acid groups (broad SMARTS) is 4. The van der Waals surface area contributed by atoms with E-state index in [2.05, 4.69) is 10.6 Å². The molecule has 114 valence electrons. The van der Waals surface area contributed by atoms with Crippen molar-refractivity contribution in [1.29, 1.82) is 0 Å². The number of rotatable bonds is 11. The summed E-state index contributed by atoms with van der Waals surface area (Å²) in [5.74, 6) is -6.18. The molecule has 0 aliphatic heterocycles. The van der Waals surface area contributed by atoms with Gasteiger partial charge in [-0.25, -0.2) is 0 Å². The predicted octanol–water partition coefficient (Wildman–Crippen LogP) is -15.0. The number of carbonyl (C=O) groups is 4. The Kier molecular flexibility index (Phi) is 24.2. The molecule has 0 radical (unpaired) electrons. The second kappa shape index (κ2) is 17.6. The van der Waals surface area contributed by atoms with Crippen molar-refractivity contribution in [2.75, 3.05) is 13.1 Å². The summed E-state index contributed by atoms with van der Waals surface area (Å²) < 4.78 is 0. The zero-order chi connectivity index (χ0) is 15.7. The first kappa shape index (κ1) is 31.6. The van der Waals surface area contributed by atoms with Gasteiger partial charge in [-0.3, -0.25) is 4.79 Å². The number of hydrogen-bond acceptors (Lipinski definition) is 9. The van der Waals surface area contributed by atoms with Gasteiger partial charge in [0.15, 0.2) is 0 Å². The van der Waals surface area contributed by atoms with Crippen LogP contribution in [0.3, 0.4) is 0 Å². The van der Waals surface area contributed by atoms with Crippen LogP contribution in [0.25, 0.3) is 0 Å². The number of nitrogens with one attached hydrogen (secondary N) is 2. The zero-order valence-electron chi connectivity index (χ0n) is 13.3. The summed E-state index contributed by atoms with van der Waals surface area (Å²) in [6.07, 6.45) is -1.55. The molecule has 13 heteroatoms. The quantitative estimate of drug-likeness (QED) is 0.237. The first-order valence-electron chi connectivity index (χ1n) is 5.54. The molecule has 0 saturated carbocycles. The van der Waals surface area contributed by atoms with E-state index in [-0.39, 0.29) is 102 Å². The van der Waals surface area contributed by atoms with Crippen molar-refractivity contribution in [1.82, 2.24) is 10.6 Å². The van der Waals surface area contributed by atoms with E-state index in [0.29, 0.717) is 0 Å². The van der Waals surface area contributed by atoms with Crippen LogP contribution in [0.2, 0.25) is 0 Å². The van der Waals surface area contributed by atoms with Crippen LogP contribution in [0.15, 0.2) is 0 Å². The molecule has 10 nitrogen and oxygen atoms in total. The number of hydrogen-bond donors (Lipinski definition) is 3. The van der Waals surface area contributed by atoms with Crippen LogP contribution in [0.1, 0.15) is 12.8 Å². The van der Waals surface area contributed by atoms with Gasteiger partial charge in [0.1, 0.15) is 6.04 Å². The maximum atomic E-state index is 10.7. The first-order chi connectivity index (χ1) is 9.23. The standard InChI is InChI=1S/C10H16N2O8.3Na/c13-7(14)3-5(9(17)18)11-1-2-12-6(10(19)20)4-8(15)16;;;/h5-6,11-12H,1-4H2,(H,13,14)(H,15,16)(H,17,18)(H,19,20);;;/q;3*+1/p-3/t5-,6?;;;/m0.../s1. The fourth-order valence-electron chi connectivity index (χ4n) is 1.31. The molecular weight excluding hydrogens is 345 g/mol. The molecule has 23 heavy (non-hydrogen) atoms. The molecule has 0 aromatic carbocycles. The van der Waals surface area contributed by atoms with Gasteiger partial charge >= 0.3 is 94.6 Å². The molecule has 2 atom stereocenters. The molecule has 0 rings (SSSR count). The Morgan fingerprint density at radius 3 is 1.43 bits per heavy atom. The van der Waals surface area contributed by atoms with Crippen LogP contribution < -0.4 is 115 Å². The van der Waals surface area contributed by atoms with Gasteiger partial charge in [-0.05, 0) is 0 Å². The van der Waals surface area contributed by atoms with Crippen LogP contribution in [0, 0.1) is 0 Å². The second-order valence-corrected chi connectivity index (χ2v) is 3.82. The van der Waals surface area contributed by atoms with Crippen molar-refractivity contribution >= 4 is 23.9 Å². The summed E-state index contributed by atoms with van der Waals surface area (Å²) in [5.41, 5.74) is 0. The first-order valence-corrected chi connectivity index (χ1v) is 5.54. The van der Waals surface area contributed by atoms with Crippen LogP contribution in [0.4, 0.5) is 0 Å². The van der Waals surface area contributed by atoms with Gasteiger partial charge in [-0.15, -0.1) is 0 Å². The van der Waals surface area contributed by atoms with Gasteiger partial charge in [-0.1, -0.05) is 0 Å². The van der Waals surface area contributed by atoms with Crippen molar-refractivity contribution in [3.63, 3.8) is 0 Å². The van der Waals surface area contributed by atoms with Gasteiger partial charge in [0.25, 0.3) is 0 Å². The van der Waals surface area contributed by atoms with E-state index in [1.807, 2.05) is 0 Å². The summed E-state index contributed by atoms with van der Waals surface area (Å²) in [4.78, 5) is 41.7. The minimum Gasteiger partial charge on any atom is -0.550 e. The average molecular weight is 358 g/mol. The second-order valence-electron chi connectivity index (χ2n) is 3.82. The fraction of sp³-hybridized carbons (Fsp3) is 0.600. The monoisotopic (exact) mass is 358 g/mol. The van der Waals surface area contributed by atoms with Crippen molar-refractivity contribution in [2.45, 2.75) is 24.9 Å². The Labute approximate surface area is 198 Å². The molecule has 0 aromatic heterocycles. The fourth-order valence-corrected chi connectivity index (χ4v) is 1.31. The Morgan fingerprint density at radius 1 is 0.783 bits per heavy atom. The third-order valence-corrected chi connectivity index (χ3v) is 2.23. The van der Waals surface area contributed by atoms with Gasteiger partial charge < -0.3 is 45.4 Å². The third kappa shape index (κ3) is 17.4. The number of carbonyl (C=O) groups excluding carboxylic acids is 3. The molecule has 1 unspecified atom stereocenters. The topological polar surface area (TPSA) is 182 Å². The van der Waals surface area contributed by atoms with E-state index in [1.165, 1.54) is 0 Å². The molecule has 0 heterocycles. The molecule has 0 saturated heterocycles. The summed E-state index contributed by atoms with van der Waals surface area (Å²) in [6, 6.07) is -2.87. The average Bonchev–Trinajstić information content (AvgIpc) is 2.29. The number of aliphatic carboxylic acids is 4. The van der Waals surface area contributed by atoms with Gasteiger partial charge in [-0.2, -0.15) is 0 Å². The predicted molar refractivity (Wildman–Crippen MR) is 55.5 cm³/mol. The molecule has 0 fully saturated rings. The van der Waals surface area contributed by atoms with E-state index in [0.717, 1.165) is 0 Å². The Hall–Kier alpha value is 0.800. The summed E-state index contributed by atoms with van der Waals surface area (Å²) >= 11 is 0. The van der Waals surface area contributed by atoms with Crippen LogP contribution in [-0.4, -0.2) is 54.2 Å². The van der Waals surface area contributed by atoms with E-state index in [4.69, 9.17) is 5.11 Å². The van der Waals surface area contributed by atoms with Gasteiger partial charge in [0.2, 0.25) is 0 Å². The largest absolute Gasteiger partial charge is 1.00 e. The van der Waals surface area contributed by atoms with E-state index < -0.39 is 48.8 Å². The van der Waals surface area contributed by atoms with Crippen molar-refractivity contribution < 1.29 is 128 Å². The molecule has 0 aliphatic carbocycles.